The van der Waals surface area contributed by atoms with E-state index in [0.717, 1.165) is 11.8 Å². The lowest BCUT2D eigenvalue weighted by atomic mass is 10.1. The molecule has 23 heavy (non-hydrogen) atoms. The summed E-state index contributed by atoms with van der Waals surface area (Å²) in [5.74, 6) is 1.78. The first-order chi connectivity index (χ1) is 11.0. The minimum atomic E-state index is 0.884. The van der Waals surface area contributed by atoms with Gasteiger partial charge in [0.2, 0.25) is 0 Å². The SMILES string of the molecule is CCC(C)C.CCCC(C)C.c1ccc(-c2ccccc2)cc1. The van der Waals surface area contributed by atoms with Gasteiger partial charge in [-0.3, -0.25) is 0 Å². The van der Waals surface area contributed by atoms with E-state index in [1.807, 2.05) is 12.1 Å². The highest BCUT2D eigenvalue weighted by Gasteiger charge is 1.91. The van der Waals surface area contributed by atoms with Gasteiger partial charge in [-0.1, -0.05) is 121 Å². The molecule has 0 heteroatoms. The van der Waals surface area contributed by atoms with Crippen LogP contribution in [0.25, 0.3) is 11.1 Å². The van der Waals surface area contributed by atoms with Gasteiger partial charge in [0.05, 0.1) is 0 Å². The predicted octanol–water partition coefficient (Wildman–Crippen LogP) is 7.85. The molecule has 0 saturated carbocycles. The molecule has 0 aliphatic carbocycles. The van der Waals surface area contributed by atoms with Crippen molar-refractivity contribution >= 4 is 0 Å². The second kappa shape index (κ2) is 14.1. The molecule has 0 aliphatic heterocycles. The maximum Gasteiger partial charge on any atom is -0.0184 e. The molecule has 0 aromatic heterocycles. The number of rotatable bonds is 4. The molecule has 0 bridgehead atoms. The van der Waals surface area contributed by atoms with E-state index in [-0.39, 0.29) is 0 Å². The van der Waals surface area contributed by atoms with Crippen molar-refractivity contribution in [1.82, 2.24) is 0 Å². The molecular weight excluding hydrogens is 276 g/mol. The maximum atomic E-state index is 2.25. The second-order valence-electron chi connectivity index (χ2n) is 6.72. The van der Waals surface area contributed by atoms with Crippen LogP contribution in [0, 0.1) is 11.8 Å². The van der Waals surface area contributed by atoms with Crippen molar-refractivity contribution in [1.29, 1.82) is 0 Å². The van der Waals surface area contributed by atoms with Gasteiger partial charge in [0.15, 0.2) is 0 Å². The van der Waals surface area contributed by atoms with Crippen molar-refractivity contribution in [3.63, 3.8) is 0 Å². The summed E-state index contributed by atoms with van der Waals surface area (Å²) in [6.07, 6.45) is 4.01. The van der Waals surface area contributed by atoms with Gasteiger partial charge in [-0.15, -0.1) is 0 Å². The first kappa shape index (κ1) is 21.4. The first-order valence-corrected chi connectivity index (χ1v) is 9.11. The third-order valence-electron chi connectivity index (χ3n) is 3.56. The molecule has 0 saturated heterocycles. The molecule has 0 N–H and O–H groups in total. The lowest BCUT2D eigenvalue weighted by Gasteiger charge is -1.98. The Kier molecular flexibility index (Phi) is 13.1. The van der Waals surface area contributed by atoms with Gasteiger partial charge in [0.1, 0.15) is 0 Å². The van der Waals surface area contributed by atoms with Gasteiger partial charge in [-0.25, -0.2) is 0 Å². The Morgan fingerprint density at radius 3 is 1.13 bits per heavy atom. The fourth-order valence-corrected chi connectivity index (χ4v) is 1.84. The first-order valence-electron chi connectivity index (χ1n) is 9.11. The van der Waals surface area contributed by atoms with Crippen LogP contribution in [0.1, 0.15) is 60.8 Å². The lowest BCUT2D eigenvalue weighted by Crippen LogP contribution is -1.81. The van der Waals surface area contributed by atoms with Gasteiger partial charge in [-0.2, -0.15) is 0 Å². The van der Waals surface area contributed by atoms with Crippen LogP contribution in [0.15, 0.2) is 60.7 Å². The topological polar surface area (TPSA) is 0 Å². The molecule has 0 heterocycles. The van der Waals surface area contributed by atoms with Gasteiger partial charge in [0, 0.05) is 0 Å². The molecule has 128 valence electrons. The minimum Gasteiger partial charge on any atom is -0.0654 e. The highest BCUT2D eigenvalue weighted by Crippen LogP contribution is 2.17. The Hall–Kier alpha value is -1.56. The Morgan fingerprint density at radius 2 is 0.957 bits per heavy atom. The molecule has 2 rings (SSSR count). The summed E-state index contributed by atoms with van der Waals surface area (Å²) in [4.78, 5) is 0. The third-order valence-corrected chi connectivity index (χ3v) is 3.56. The van der Waals surface area contributed by atoms with Crippen molar-refractivity contribution in [3.8, 4) is 11.1 Å². The summed E-state index contributed by atoms with van der Waals surface area (Å²) >= 11 is 0. The zero-order valence-electron chi connectivity index (χ0n) is 16.0. The van der Waals surface area contributed by atoms with E-state index in [1.54, 1.807) is 0 Å². The molecule has 0 atom stereocenters. The zero-order valence-corrected chi connectivity index (χ0v) is 16.0. The van der Waals surface area contributed by atoms with Crippen LogP contribution in [0.4, 0.5) is 0 Å². The summed E-state index contributed by atoms with van der Waals surface area (Å²) in [6.45, 7) is 13.4. The van der Waals surface area contributed by atoms with E-state index < -0.39 is 0 Å². The smallest absolute Gasteiger partial charge is 0.0184 e. The van der Waals surface area contributed by atoms with Crippen molar-refractivity contribution in [3.05, 3.63) is 60.7 Å². The van der Waals surface area contributed by atoms with Crippen LogP contribution >= 0.6 is 0 Å². The molecule has 0 fully saturated rings. The van der Waals surface area contributed by atoms with Crippen LogP contribution < -0.4 is 0 Å². The number of hydrogen-bond donors (Lipinski definition) is 0. The Morgan fingerprint density at radius 1 is 0.609 bits per heavy atom. The van der Waals surface area contributed by atoms with Gasteiger partial charge in [0.25, 0.3) is 0 Å². The Labute approximate surface area is 145 Å². The van der Waals surface area contributed by atoms with E-state index in [9.17, 15) is 0 Å². The fourth-order valence-electron chi connectivity index (χ4n) is 1.84. The Balaban J connectivity index is 0.000000374. The average Bonchev–Trinajstić information content (AvgIpc) is 2.57. The van der Waals surface area contributed by atoms with Crippen LogP contribution in [-0.4, -0.2) is 0 Å². The van der Waals surface area contributed by atoms with Gasteiger partial charge < -0.3 is 0 Å². The average molecular weight is 313 g/mol. The van der Waals surface area contributed by atoms with Crippen molar-refractivity contribution in [2.75, 3.05) is 0 Å². The quantitative estimate of drug-likeness (QED) is 0.539. The largest absolute Gasteiger partial charge is 0.0654 e. The molecule has 0 unspecified atom stereocenters. The Bertz CT molecular complexity index is 416. The molecule has 0 nitrogen and oxygen atoms in total. The standard InChI is InChI=1S/C12H10.C6H14.C5H12/c1-3-7-11(8-4-1)12-9-5-2-6-10-12;1-4-5-6(2)3;1-4-5(2)3/h1-10H;6H,4-5H2,1-3H3;5H,4H2,1-3H3. The van der Waals surface area contributed by atoms with Crippen molar-refractivity contribution in [2.24, 2.45) is 11.8 Å². The summed E-state index contributed by atoms with van der Waals surface area (Å²) in [6, 6.07) is 20.8. The summed E-state index contributed by atoms with van der Waals surface area (Å²) in [7, 11) is 0. The molecule has 0 amide bonds. The number of hydrogen-bond acceptors (Lipinski definition) is 0. The molecule has 2 aromatic carbocycles. The van der Waals surface area contributed by atoms with E-state index in [4.69, 9.17) is 0 Å². The maximum absolute atomic E-state index is 2.25. The van der Waals surface area contributed by atoms with E-state index in [1.165, 1.54) is 30.4 Å². The molecule has 0 spiro atoms. The van der Waals surface area contributed by atoms with E-state index in [2.05, 4.69) is 90.1 Å². The van der Waals surface area contributed by atoms with E-state index >= 15 is 0 Å². The van der Waals surface area contributed by atoms with Crippen molar-refractivity contribution in [2.45, 2.75) is 60.8 Å². The van der Waals surface area contributed by atoms with Crippen LogP contribution in [-0.2, 0) is 0 Å². The highest BCUT2D eigenvalue weighted by molar-refractivity contribution is 5.62. The fraction of sp³-hybridized carbons (Fsp3) is 0.478. The lowest BCUT2D eigenvalue weighted by molar-refractivity contribution is 0.576. The van der Waals surface area contributed by atoms with Crippen LogP contribution in [0.3, 0.4) is 0 Å². The summed E-state index contributed by atoms with van der Waals surface area (Å²) in [5.41, 5.74) is 2.55. The normalized spacial score (nSPS) is 9.74. The third kappa shape index (κ3) is 12.6. The van der Waals surface area contributed by atoms with Gasteiger partial charge in [-0.05, 0) is 23.0 Å². The predicted molar refractivity (Wildman–Crippen MR) is 107 cm³/mol. The second-order valence-corrected chi connectivity index (χ2v) is 6.72. The monoisotopic (exact) mass is 312 g/mol. The van der Waals surface area contributed by atoms with Crippen LogP contribution in [0.5, 0.6) is 0 Å². The summed E-state index contributed by atoms with van der Waals surface area (Å²) < 4.78 is 0. The highest BCUT2D eigenvalue weighted by atomic mass is 14.0. The molecule has 2 aromatic rings. The molecular formula is C23H36. The zero-order chi connectivity index (χ0) is 17.5. The molecule has 0 aliphatic rings. The van der Waals surface area contributed by atoms with Crippen molar-refractivity contribution < 1.29 is 0 Å². The van der Waals surface area contributed by atoms with E-state index in [0.29, 0.717) is 0 Å². The number of benzene rings is 2. The minimum absolute atomic E-state index is 0.884. The summed E-state index contributed by atoms with van der Waals surface area (Å²) in [5, 5.41) is 0. The van der Waals surface area contributed by atoms with Crippen LogP contribution in [0.2, 0.25) is 0 Å². The van der Waals surface area contributed by atoms with Gasteiger partial charge >= 0.3 is 0 Å². The molecule has 0 radical (unpaired) electrons.